The van der Waals surface area contributed by atoms with Gasteiger partial charge in [0.2, 0.25) is 0 Å². The molecule has 0 aromatic carbocycles. The molecular formula is C18H34O. The minimum atomic E-state index is 0.443. The molecule has 0 spiro atoms. The van der Waals surface area contributed by atoms with Crippen LogP contribution in [-0.2, 0) is 4.79 Å². The Kier molecular flexibility index (Phi) is 10.1. The molecule has 0 aromatic heterocycles. The number of ketones is 1. The zero-order chi connectivity index (χ0) is 13.8. The third kappa shape index (κ3) is 8.44. The summed E-state index contributed by atoms with van der Waals surface area (Å²) in [5, 5.41) is 0. The fraction of sp³-hybridized carbons (Fsp3) is 0.944. The van der Waals surface area contributed by atoms with Crippen molar-refractivity contribution >= 4 is 5.78 Å². The topological polar surface area (TPSA) is 17.1 Å². The summed E-state index contributed by atoms with van der Waals surface area (Å²) in [5.74, 6) is 1.01. The molecule has 0 aromatic rings. The van der Waals surface area contributed by atoms with Gasteiger partial charge >= 0.3 is 0 Å². The highest BCUT2D eigenvalue weighted by atomic mass is 16.1. The molecule has 1 rings (SSSR count). The molecule has 1 heteroatoms. The molecule has 1 saturated carbocycles. The van der Waals surface area contributed by atoms with Crippen molar-refractivity contribution in [3.05, 3.63) is 0 Å². The molecule has 1 fully saturated rings. The number of carbonyl (C=O) groups is 1. The van der Waals surface area contributed by atoms with Crippen LogP contribution < -0.4 is 0 Å². The maximum Gasteiger partial charge on any atom is 0.135 e. The Labute approximate surface area is 120 Å². The second kappa shape index (κ2) is 11.5. The van der Waals surface area contributed by atoms with Crippen molar-refractivity contribution < 1.29 is 4.79 Å². The van der Waals surface area contributed by atoms with Gasteiger partial charge < -0.3 is 0 Å². The summed E-state index contributed by atoms with van der Waals surface area (Å²) >= 11 is 0. The van der Waals surface area contributed by atoms with E-state index in [4.69, 9.17) is 0 Å². The minimum absolute atomic E-state index is 0.443. The first-order chi connectivity index (χ1) is 9.34. The van der Waals surface area contributed by atoms with Crippen LogP contribution in [0.2, 0.25) is 0 Å². The van der Waals surface area contributed by atoms with Crippen molar-refractivity contribution in [3.63, 3.8) is 0 Å². The highest BCUT2D eigenvalue weighted by molar-refractivity contribution is 5.81. The first kappa shape index (κ1) is 16.7. The van der Waals surface area contributed by atoms with Crippen LogP contribution in [0, 0.1) is 5.92 Å². The van der Waals surface area contributed by atoms with Crippen molar-refractivity contribution in [3.8, 4) is 0 Å². The van der Waals surface area contributed by atoms with Crippen molar-refractivity contribution in [2.24, 2.45) is 5.92 Å². The van der Waals surface area contributed by atoms with Crippen LogP contribution >= 0.6 is 0 Å². The van der Waals surface area contributed by atoms with E-state index in [0.717, 1.165) is 12.8 Å². The van der Waals surface area contributed by atoms with Crippen molar-refractivity contribution in [1.82, 2.24) is 0 Å². The minimum Gasteiger partial charge on any atom is -0.299 e. The molecule has 1 nitrogen and oxygen atoms in total. The molecule has 1 aliphatic carbocycles. The van der Waals surface area contributed by atoms with E-state index in [-0.39, 0.29) is 0 Å². The fourth-order valence-electron chi connectivity index (χ4n) is 3.24. The van der Waals surface area contributed by atoms with Gasteiger partial charge in [-0.05, 0) is 19.3 Å². The Hall–Kier alpha value is -0.330. The van der Waals surface area contributed by atoms with Gasteiger partial charge in [0.1, 0.15) is 5.78 Å². The normalized spacial score (nSPS) is 16.1. The zero-order valence-corrected chi connectivity index (χ0v) is 13.1. The lowest BCUT2D eigenvalue weighted by atomic mass is 9.97. The number of Topliss-reactive ketones (excluding diaryl/α,β-unsaturated/α-hetero) is 1. The summed E-state index contributed by atoms with van der Waals surface area (Å²) in [7, 11) is 0. The second-order valence-electron chi connectivity index (χ2n) is 6.38. The molecule has 0 saturated heterocycles. The summed E-state index contributed by atoms with van der Waals surface area (Å²) in [4.78, 5) is 11.9. The predicted octanol–water partition coefficient (Wildman–Crippen LogP) is 6.06. The number of carbonyl (C=O) groups excluding carboxylic acids is 1. The SMILES string of the molecule is CCCCCCCCCCCCC(=O)C1CCCC1. The third-order valence-corrected chi connectivity index (χ3v) is 4.59. The van der Waals surface area contributed by atoms with Crippen molar-refractivity contribution in [2.75, 3.05) is 0 Å². The van der Waals surface area contributed by atoms with Gasteiger partial charge in [-0.15, -0.1) is 0 Å². The number of rotatable bonds is 12. The lowest BCUT2D eigenvalue weighted by molar-refractivity contribution is -0.122. The number of unbranched alkanes of at least 4 members (excludes halogenated alkanes) is 9. The molecule has 0 amide bonds. The number of hydrogen-bond donors (Lipinski definition) is 0. The van der Waals surface area contributed by atoms with E-state index in [1.807, 2.05) is 0 Å². The summed E-state index contributed by atoms with van der Waals surface area (Å²) in [6, 6.07) is 0. The average molecular weight is 266 g/mol. The molecule has 0 bridgehead atoms. The summed E-state index contributed by atoms with van der Waals surface area (Å²) in [6.45, 7) is 2.27. The standard InChI is InChI=1S/C18H34O/c1-2-3-4-5-6-7-8-9-10-11-16-18(19)17-14-12-13-15-17/h17H,2-16H2,1H3. The highest BCUT2D eigenvalue weighted by Gasteiger charge is 2.21. The smallest absolute Gasteiger partial charge is 0.135 e. The third-order valence-electron chi connectivity index (χ3n) is 4.59. The monoisotopic (exact) mass is 266 g/mol. The molecule has 0 N–H and O–H groups in total. The van der Waals surface area contributed by atoms with Gasteiger partial charge in [-0.1, -0.05) is 77.6 Å². The Morgan fingerprint density at radius 3 is 1.79 bits per heavy atom. The highest BCUT2D eigenvalue weighted by Crippen LogP contribution is 2.27. The average Bonchev–Trinajstić information content (AvgIpc) is 2.95. The van der Waals surface area contributed by atoms with E-state index in [1.165, 1.54) is 83.5 Å². The van der Waals surface area contributed by atoms with Crippen LogP contribution in [0.5, 0.6) is 0 Å². The fourth-order valence-corrected chi connectivity index (χ4v) is 3.24. The van der Waals surface area contributed by atoms with Crippen LogP contribution in [0.25, 0.3) is 0 Å². The van der Waals surface area contributed by atoms with Gasteiger partial charge in [-0.2, -0.15) is 0 Å². The van der Waals surface area contributed by atoms with Gasteiger partial charge in [0.25, 0.3) is 0 Å². The summed E-state index contributed by atoms with van der Waals surface area (Å²) < 4.78 is 0. The van der Waals surface area contributed by atoms with E-state index in [0.29, 0.717) is 11.7 Å². The Balaban J connectivity index is 1.79. The van der Waals surface area contributed by atoms with E-state index in [1.54, 1.807) is 0 Å². The lowest BCUT2D eigenvalue weighted by Crippen LogP contribution is -2.09. The van der Waals surface area contributed by atoms with Crippen molar-refractivity contribution in [2.45, 2.75) is 103 Å². The van der Waals surface area contributed by atoms with Gasteiger partial charge in [-0.3, -0.25) is 4.79 Å². The largest absolute Gasteiger partial charge is 0.299 e. The molecule has 0 radical (unpaired) electrons. The maximum atomic E-state index is 11.9. The molecule has 19 heavy (non-hydrogen) atoms. The molecule has 112 valence electrons. The molecule has 1 aliphatic rings. The summed E-state index contributed by atoms with van der Waals surface area (Å²) in [5.41, 5.74) is 0. The maximum absolute atomic E-state index is 11.9. The number of hydrogen-bond acceptors (Lipinski definition) is 1. The first-order valence-electron chi connectivity index (χ1n) is 8.87. The van der Waals surface area contributed by atoms with E-state index in [9.17, 15) is 4.79 Å². The Bertz CT molecular complexity index is 216. The first-order valence-corrected chi connectivity index (χ1v) is 8.87. The van der Waals surface area contributed by atoms with E-state index < -0.39 is 0 Å². The molecule has 0 heterocycles. The Morgan fingerprint density at radius 2 is 1.26 bits per heavy atom. The van der Waals surface area contributed by atoms with Gasteiger partial charge in [0.05, 0.1) is 0 Å². The van der Waals surface area contributed by atoms with Crippen LogP contribution in [-0.4, -0.2) is 5.78 Å². The van der Waals surface area contributed by atoms with E-state index >= 15 is 0 Å². The summed E-state index contributed by atoms with van der Waals surface area (Å²) in [6.07, 6.45) is 19.3. The quantitative estimate of drug-likeness (QED) is 0.393. The van der Waals surface area contributed by atoms with Gasteiger partial charge in [0, 0.05) is 12.3 Å². The lowest BCUT2D eigenvalue weighted by Gasteiger charge is -2.07. The zero-order valence-electron chi connectivity index (χ0n) is 13.1. The van der Waals surface area contributed by atoms with Crippen molar-refractivity contribution in [1.29, 1.82) is 0 Å². The van der Waals surface area contributed by atoms with Gasteiger partial charge in [0.15, 0.2) is 0 Å². The predicted molar refractivity (Wildman–Crippen MR) is 83.4 cm³/mol. The van der Waals surface area contributed by atoms with Gasteiger partial charge in [-0.25, -0.2) is 0 Å². The molecule has 0 atom stereocenters. The second-order valence-corrected chi connectivity index (χ2v) is 6.38. The molecule has 0 aliphatic heterocycles. The van der Waals surface area contributed by atoms with Crippen LogP contribution in [0.15, 0.2) is 0 Å². The van der Waals surface area contributed by atoms with Crippen LogP contribution in [0.1, 0.15) is 103 Å². The van der Waals surface area contributed by atoms with Crippen LogP contribution in [0.4, 0.5) is 0 Å². The van der Waals surface area contributed by atoms with Crippen LogP contribution in [0.3, 0.4) is 0 Å². The molecular weight excluding hydrogens is 232 g/mol. The molecule has 0 unspecified atom stereocenters. The Morgan fingerprint density at radius 1 is 0.789 bits per heavy atom. The van der Waals surface area contributed by atoms with E-state index in [2.05, 4.69) is 6.92 Å².